The Balaban J connectivity index is 1.65. The van der Waals surface area contributed by atoms with E-state index in [0.717, 1.165) is 12.6 Å². The smallest absolute Gasteiger partial charge is 0.304 e. The molecule has 16 heavy (non-hydrogen) atoms. The molecule has 1 saturated heterocycles. The third-order valence-electron chi connectivity index (χ3n) is 3.83. The Morgan fingerprint density at radius 1 is 1.31 bits per heavy atom. The molecule has 4 heteroatoms. The molecule has 0 aromatic carbocycles. The van der Waals surface area contributed by atoms with Gasteiger partial charge in [-0.3, -0.25) is 9.69 Å². The average molecular weight is 226 g/mol. The van der Waals surface area contributed by atoms with Crippen LogP contribution in [-0.4, -0.2) is 47.7 Å². The Kier molecular flexibility index (Phi) is 4.18. The van der Waals surface area contributed by atoms with Gasteiger partial charge in [-0.15, -0.1) is 0 Å². The molecule has 2 aliphatic rings. The molecule has 2 N–H and O–H groups in total. The van der Waals surface area contributed by atoms with E-state index < -0.39 is 5.97 Å². The summed E-state index contributed by atoms with van der Waals surface area (Å²) < 4.78 is 0. The molecule has 0 bridgehead atoms. The minimum absolute atomic E-state index is 0.236. The van der Waals surface area contributed by atoms with Gasteiger partial charge in [-0.2, -0.15) is 0 Å². The van der Waals surface area contributed by atoms with Gasteiger partial charge in [-0.05, 0) is 19.3 Å². The van der Waals surface area contributed by atoms with E-state index in [9.17, 15) is 4.79 Å². The third-order valence-corrected chi connectivity index (χ3v) is 3.83. The maximum absolute atomic E-state index is 10.4. The molecule has 0 radical (unpaired) electrons. The Morgan fingerprint density at radius 3 is 2.75 bits per heavy atom. The number of carboxylic acids is 1. The monoisotopic (exact) mass is 226 g/mol. The molecule has 1 aliphatic carbocycles. The molecule has 0 aromatic heterocycles. The average Bonchev–Trinajstić information content (AvgIpc) is 2.85. The lowest BCUT2D eigenvalue weighted by Crippen LogP contribution is -2.37. The number of rotatable bonds is 5. The molecule has 1 atom stereocenters. The van der Waals surface area contributed by atoms with Gasteiger partial charge >= 0.3 is 5.97 Å². The first-order chi connectivity index (χ1) is 7.75. The highest BCUT2D eigenvalue weighted by Crippen LogP contribution is 2.26. The van der Waals surface area contributed by atoms with Crippen LogP contribution in [0.4, 0.5) is 0 Å². The lowest BCUT2D eigenvalue weighted by atomic mass is 10.2. The number of carboxylic acid groups (broad SMARTS) is 1. The summed E-state index contributed by atoms with van der Waals surface area (Å²) in [5.74, 6) is -0.710. The number of aliphatic carboxylic acids is 1. The molecule has 4 nitrogen and oxygen atoms in total. The zero-order chi connectivity index (χ0) is 11.4. The minimum Gasteiger partial charge on any atom is -0.481 e. The van der Waals surface area contributed by atoms with Gasteiger partial charge in [0.05, 0.1) is 6.42 Å². The minimum atomic E-state index is -0.710. The van der Waals surface area contributed by atoms with Gasteiger partial charge in [0.25, 0.3) is 0 Å². The predicted octanol–water partition coefficient (Wildman–Crippen LogP) is 1.07. The molecule has 92 valence electrons. The Hall–Kier alpha value is -0.610. The van der Waals surface area contributed by atoms with Crippen LogP contribution < -0.4 is 5.32 Å². The lowest BCUT2D eigenvalue weighted by molar-refractivity contribution is -0.136. The number of nitrogens with one attached hydrogen (secondary N) is 1. The van der Waals surface area contributed by atoms with E-state index in [0.29, 0.717) is 12.6 Å². The largest absolute Gasteiger partial charge is 0.481 e. The zero-order valence-electron chi connectivity index (χ0n) is 9.82. The van der Waals surface area contributed by atoms with E-state index in [1.807, 2.05) is 0 Å². The molecule has 0 aromatic rings. The second kappa shape index (κ2) is 5.64. The van der Waals surface area contributed by atoms with Crippen molar-refractivity contribution in [2.45, 2.75) is 50.6 Å². The van der Waals surface area contributed by atoms with E-state index in [2.05, 4.69) is 10.2 Å². The van der Waals surface area contributed by atoms with Crippen LogP contribution in [-0.2, 0) is 4.79 Å². The number of nitrogens with zero attached hydrogens (tertiary/aromatic N) is 1. The molecule has 1 saturated carbocycles. The van der Waals surface area contributed by atoms with Crippen molar-refractivity contribution in [3.63, 3.8) is 0 Å². The zero-order valence-corrected chi connectivity index (χ0v) is 9.82. The summed E-state index contributed by atoms with van der Waals surface area (Å²) in [7, 11) is 0. The van der Waals surface area contributed by atoms with Gasteiger partial charge in [0.1, 0.15) is 0 Å². The van der Waals surface area contributed by atoms with Crippen LogP contribution in [0.15, 0.2) is 0 Å². The summed E-state index contributed by atoms with van der Waals surface area (Å²) in [4.78, 5) is 13.0. The van der Waals surface area contributed by atoms with Crippen LogP contribution in [0.5, 0.6) is 0 Å². The quantitative estimate of drug-likeness (QED) is 0.736. The first-order valence-electron chi connectivity index (χ1n) is 6.45. The molecule has 1 aliphatic heterocycles. The lowest BCUT2D eigenvalue weighted by Gasteiger charge is -2.23. The highest BCUT2D eigenvalue weighted by atomic mass is 16.4. The van der Waals surface area contributed by atoms with Gasteiger partial charge in [-0.1, -0.05) is 12.8 Å². The predicted molar refractivity (Wildman–Crippen MR) is 62.5 cm³/mol. The summed E-state index contributed by atoms with van der Waals surface area (Å²) in [5.41, 5.74) is 0. The molecule has 0 amide bonds. The van der Waals surface area contributed by atoms with Crippen molar-refractivity contribution < 1.29 is 9.90 Å². The van der Waals surface area contributed by atoms with E-state index in [1.165, 1.54) is 38.6 Å². The van der Waals surface area contributed by atoms with E-state index in [1.54, 1.807) is 0 Å². The molecular formula is C12H22N2O2. The summed E-state index contributed by atoms with van der Waals surface area (Å²) in [5, 5.41) is 11.9. The molecule has 2 fully saturated rings. The van der Waals surface area contributed by atoms with Crippen molar-refractivity contribution in [3.8, 4) is 0 Å². The van der Waals surface area contributed by atoms with E-state index in [4.69, 9.17) is 5.11 Å². The topological polar surface area (TPSA) is 52.6 Å². The Labute approximate surface area is 97.0 Å². The molecule has 2 rings (SSSR count). The van der Waals surface area contributed by atoms with Crippen LogP contribution in [0.3, 0.4) is 0 Å². The summed E-state index contributed by atoms with van der Waals surface area (Å²) in [6.45, 7) is 2.91. The van der Waals surface area contributed by atoms with Crippen LogP contribution >= 0.6 is 0 Å². The highest BCUT2D eigenvalue weighted by Gasteiger charge is 2.29. The SMILES string of the molecule is O=C(O)CCNC1CCN(C2CCCC2)C1. The maximum atomic E-state index is 10.4. The van der Waals surface area contributed by atoms with E-state index in [-0.39, 0.29) is 6.42 Å². The van der Waals surface area contributed by atoms with Crippen molar-refractivity contribution in [2.75, 3.05) is 19.6 Å². The fraction of sp³-hybridized carbons (Fsp3) is 0.917. The van der Waals surface area contributed by atoms with Gasteiger partial charge in [0.15, 0.2) is 0 Å². The summed E-state index contributed by atoms with van der Waals surface area (Å²) >= 11 is 0. The van der Waals surface area contributed by atoms with Crippen molar-refractivity contribution in [2.24, 2.45) is 0 Å². The van der Waals surface area contributed by atoms with Crippen molar-refractivity contribution in [3.05, 3.63) is 0 Å². The number of carbonyl (C=O) groups is 1. The highest BCUT2D eigenvalue weighted by molar-refractivity contribution is 5.66. The molecule has 0 spiro atoms. The second-order valence-electron chi connectivity index (χ2n) is 5.02. The first kappa shape index (κ1) is 11.9. The fourth-order valence-electron chi connectivity index (χ4n) is 2.94. The standard InChI is InChI=1S/C12H22N2O2/c15-12(16)5-7-13-10-6-8-14(9-10)11-3-1-2-4-11/h10-11,13H,1-9H2,(H,15,16). The maximum Gasteiger partial charge on any atom is 0.304 e. The van der Waals surface area contributed by atoms with Gasteiger partial charge in [0.2, 0.25) is 0 Å². The van der Waals surface area contributed by atoms with Gasteiger partial charge in [0, 0.05) is 31.7 Å². The number of likely N-dealkylation sites (tertiary alicyclic amines) is 1. The van der Waals surface area contributed by atoms with Crippen LogP contribution in [0.25, 0.3) is 0 Å². The van der Waals surface area contributed by atoms with Crippen molar-refractivity contribution in [1.29, 1.82) is 0 Å². The summed E-state index contributed by atoms with van der Waals surface area (Å²) in [6, 6.07) is 1.33. The van der Waals surface area contributed by atoms with Crippen LogP contribution in [0.1, 0.15) is 38.5 Å². The second-order valence-corrected chi connectivity index (χ2v) is 5.02. The van der Waals surface area contributed by atoms with Crippen molar-refractivity contribution in [1.82, 2.24) is 10.2 Å². The Bertz CT molecular complexity index is 239. The number of hydrogen-bond donors (Lipinski definition) is 2. The third kappa shape index (κ3) is 3.19. The molecule has 1 unspecified atom stereocenters. The van der Waals surface area contributed by atoms with Crippen molar-refractivity contribution >= 4 is 5.97 Å². The summed E-state index contributed by atoms with van der Waals surface area (Å²) in [6.07, 6.45) is 6.91. The van der Waals surface area contributed by atoms with Gasteiger partial charge < -0.3 is 10.4 Å². The first-order valence-corrected chi connectivity index (χ1v) is 6.45. The van der Waals surface area contributed by atoms with E-state index >= 15 is 0 Å². The molecule has 1 heterocycles. The normalized spacial score (nSPS) is 27.6. The number of hydrogen-bond acceptors (Lipinski definition) is 3. The fourth-order valence-corrected chi connectivity index (χ4v) is 2.94. The van der Waals surface area contributed by atoms with Crippen LogP contribution in [0.2, 0.25) is 0 Å². The van der Waals surface area contributed by atoms with Gasteiger partial charge in [-0.25, -0.2) is 0 Å². The van der Waals surface area contributed by atoms with Crippen LogP contribution in [0, 0.1) is 0 Å². The molecular weight excluding hydrogens is 204 g/mol. The Morgan fingerprint density at radius 2 is 2.06 bits per heavy atom.